The Bertz CT molecular complexity index is 893. The number of benzene rings is 2. The molecule has 1 heterocycles. The van der Waals surface area contributed by atoms with E-state index in [-0.39, 0.29) is 24.8 Å². The van der Waals surface area contributed by atoms with E-state index in [1.54, 1.807) is 11.1 Å². The largest absolute Gasteiger partial charge is 0.481 e. The van der Waals surface area contributed by atoms with Gasteiger partial charge in [0.2, 0.25) is 5.91 Å². The highest BCUT2D eigenvalue weighted by molar-refractivity contribution is 6.31. The fourth-order valence-electron chi connectivity index (χ4n) is 3.22. The zero-order valence-corrected chi connectivity index (χ0v) is 16.4. The molecule has 0 bridgehead atoms. The van der Waals surface area contributed by atoms with Gasteiger partial charge in [-0.2, -0.15) is 0 Å². The maximum absolute atomic E-state index is 12.8. The zero-order valence-electron chi connectivity index (χ0n) is 15.7. The average Bonchev–Trinajstić information content (AvgIpc) is 3.13. The fraction of sp³-hybridized carbons (Fsp3) is 0.273. The summed E-state index contributed by atoms with van der Waals surface area (Å²) >= 11 is 6.38. The van der Waals surface area contributed by atoms with Crippen LogP contribution in [0.1, 0.15) is 48.9 Å². The quantitative estimate of drug-likeness (QED) is 0.715. The molecule has 0 spiro atoms. The molecule has 1 aliphatic heterocycles. The Morgan fingerprint density at radius 1 is 1.11 bits per heavy atom. The van der Waals surface area contributed by atoms with Gasteiger partial charge in [0.25, 0.3) is 0 Å². The van der Waals surface area contributed by atoms with Gasteiger partial charge in [0.1, 0.15) is 6.04 Å². The molecular weight excluding hydrogens is 376 g/mol. The molecule has 6 heteroatoms. The van der Waals surface area contributed by atoms with Crippen molar-refractivity contribution in [2.75, 3.05) is 0 Å². The molecule has 28 heavy (non-hydrogen) atoms. The number of aliphatic carboxylic acids is 1. The molecule has 0 saturated heterocycles. The van der Waals surface area contributed by atoms with Gasteiger partial charge in [0.05, 0.1) is 5.70 Å². The molecule has 0 saturated carbocycles. The van der Waals surface area contributed by atoms with Crippen LogP contribution in [0.15, 0.2) is 54.6 Å². The number of carboxylic acid groups (broad SMARTS) is 1. The van der Waals surface area contributed by atoms with Gasteiger partial charge in [-0.15, -0.1) is 0 Å². The summed E-state index contributed by atoms with van der Waals surface area (Å²) in [5, 5.41) is 11.0. The molecule has 1 atom stereocenters. The van der Waals surface area contributed by atoms with E-state index in [2.05, 4.69) is 24.5 Å². The minimum atomic E-state index is -0.903. The van der Waals surface area contributed by atoms with Crippen molar-refractivity contribution in [2.45, 2.75) is 38.6 Å². The van der Waals surface area contributed by atoms with Crippen LogP contribution in [-0.4, -0.2) is 22.0 Å². The van der Waals surface area contributed by atoms with E-state index in [0.29, 0.717) is 11.4 Å². The van der Waals surface area contributed by atoms with Crippen molar-refractivity contribution in [3.05, 3.63) is 76.3 Å². The van der Waals surface area contributed by atoms with Gasteiger partial charge >= 0.3 is 5.97 Å². The summed E-state index contributed by atoms with van der Waals surface area (Å²) in [5.74, 6) is -1.07. The number of hydrogen-bond donors (Lipinski definition) is 2. The lowest BCUT2D eigenvalue weighted by molar-refractivity contribution is -0.137. The van der Waals surface area contributed by atoms with E-state index in [1.165, 1.54) is 5.56 Å². The van der Waals surface area contributed by atoms with Crippen molar-refractivity contribution in [3.63, 3.8) is 0 Å². The molecular formula is C22H23ClN2O3. The van der Waals surface area contributed by atoms with Gasteiger partial charge in [-0.3, -0.25) is 15.0 Å². The second-order valence-electron chi connectivity index (χ2n) is 6.72. The maximum atomic E-state index is 12.8. The number of carbonyl (C=O) groups excluding carboxylic acids is 1. The van der Waals surface area contributed by atoms with Crippen LogP contribution in [0.2, 0.25) is 5.02 Å². The third-order valence-corrected chi connectivity index (χ3v) is 5.13. The second kappa shape index (κ2) is 8.93. The molecule has 3 rings (SSSR count). The first kappa shape index (κ1) is 20.0. The minimum absolute atomic E-state index is 0.0326. The number of carboxylic acids is 1. The zero-order chi connectivity index (χ0) is 20.1. The van der Waals surface area contributed by atoms with Gasteiger partial charge in [-0.05, 0) is 41.7 Å². The van der Waals surface area contributed by atoms with Crippen LogP contribution in [0.4, 0.5) is 0 Å². The number of nitrogens with one attached hydrogen (secondary N) is 1. The Balaban J connectivity index is 1.87. The van der Waals surface area contributed by atoms with Gasteiger partial charge in [-0.1, -0.05) is 61.0 Å². The van der Waals surface area contributed by atoms with Gasteiger partial charge in [-0.25, -0.2) is 5.01 Å². The number of amides is 1. The van der Waals surface area contributed by atoms with E-state index in [0.717, 1.165) is 23.2 Å². The van der Waals surface area contributed by atoms with Crippen LogP contribution in [0.3, 0.4) is 0 Å². The smallest absolute Gasteiger partial charge is 0.303 e. The Hall–Kier alpha value is -2.79. The first-order chi connectivity index (χ1) is 13.5. The lowest BCUT2D eigenvalue weighted by atomic mass is 10.0. The molecule has 0 fully saturated rings. The molecule has 1 aliphatic rings. The molecule has 5 nitrogen and oxygen atoms in total. The van der Waals surface area contributed by atoms with Crippen LogP contribution < -0.4 is 5.43 Å². The summed E-state index contributed by atoms with van der Waals surface area (Å²) in [6.45, 7) is 2.10. The number of hydrazine groups is 1. The summed E-state index contributed by atoms with van der Waals surface area (Å²) in [5.41, 5.74) is 7.08. The van der Waals surface area contributed by atoms with Crippen molar-refractivity contribution in [1.82, 2.24) is 10.4 Å². The Kier molecular flexibility index (Phi) is 6.37. The maximum Gasteiger partial charge on any atom is 0.303 e. The molecule has 0 radical (unpaired) electrons. The van der Waals surface area contributed by atoms with E-state index < -0.39 is 5.97 Å². The van der Waals surface area contributed by atoms with Crippen LogP contribution >= 0.6 is 11.6 Å². The number of halogens is 1. The van der Waals surface area contributed by atoms with E-state index in [4.69, 9.17) is 16.7 Å². The highest BCUT2D eigenvalue weighted by atomic mass is 35.5. The van der Waals surface area contributed by atoms with Gasteiger partial charge in [0.15, 0.2) is 0 Å². The summed E-state index contributed by atoms with van der Waals surface area (Å²) in [4.78, 5) is 23.5. The van der Waals surface area contributed by atoms with Crippen molar-refractivity contribution in [3.8, 4) is 0 Å². The van der Waals surface area contributed by atoms with Crippen molar-refractivity contribution in [1.29, 1.82) is 0 Å². The van der Waals surface area contributed by atoms with E-state index >= 15 is 0 Å². The molecule has 2 N–H and O–H groups in total. The van der Waals surface area contributed by atoms with Crippen LogP contribution in [-0.2, 0) is 16.0 Å². The molecule has 146 valence electrons. The molecule has 1 amide bonds. The molecule has 0 aliphatic carbocycles. The topological polar surface area (TPSA) is 69.6 Å². The highest BCUT2D eigenvalue weighted by Gasteiger charge is 2.31. The Morgan fingerprint density at radius 3 is 2.46 bits per heavy atom. The first-order valence-corrected chi connectivity index (χ1v) is 9.73. The van der Waals surface area contributed by atoms with Crippen molar-refractivity contribution >= 4 is 29.2 Å². The predicted molar refractivity (Wildman–Crippen MR) is 109 cm³/mol. The molecule has 0 unspecified atom stereocenters. The third kappa shape index (κ3) is 4.54. The molecule has 0 aromatic heterocycles. The van der Waals surface area contributed by atoms with Crippen LogP contribution in [0.25, 0.3) is 5.70 Å². The Morgan fingerprint density at radius 2 is 1.82 bits per heavy atom. The number of carbonyl (C=O) groups is 2. The summed E-state index contributed by atoms with van der Waals surface area (Å²) in [7, 11) is 0. The minimum Gasteiger partial charge on any atom is -0.481 e. The number of hydrogen-bond acceptors (Lipinski definition) is 3. The summed E-state index contributed by atoms with van der Waals surface area (Å²) in [6, 6.07) is 15.3. The summed E-state index contributed by atoms with van der Waals surface area (Å²) in [6.07, 6.45) is 3.35. The monoisotopic (exact) mass is 398 g/mol. The fourth-order valence-corrected chi connectivity index (χ4v) is 3.47. The molecule has 2 aromatic carbocycles. The average molecular weight is 399 g/mol. The number of nitrogens with zero attached hydrogens (tertiary/aromatic N) is 1. The number of aryl methyl sites for hydroxylation is 1. The van der Waals surface area contributed by atoms with Crippen molar-refractivity contribution < 1.29 is 14.7 Å². The normalized spacial score (nSPS) is 15.9. The Labute approximate surface area is 169 Å². The van der Waals surface area contributed by atoms with Gasteiger partial charge < -0.3 is 5.11 Å². The molecule has 2 aromatic rings. The second-order valence-corrected chi connectivity index (χ2v) is 7.13. The SMILES string of the molecule is CCc1ccc(C2=C[C@@H](c3ccccc3Cl)N(C(=O)CCCC(=O)O)N2)cc1. The first-order valence-electron chi connectivity index (χ1n) is 9.35. The third-order valence-electron chi connectivity index (χ3n) is 4.79. The van der Waals surface area contributed by atoms with Gasteiger partial charge in [0, 0.05) is 17.9 Å². The lowest BCUT2D eigenvalue weighted by Gasteiger charge is -2.26. The van der Waals surface area contributed by atoms with Crippen LogP contribution in [0, 0.1) is 0 Å². The van der Waals surface area contributed by atoms with E-state index in [9.17, 15) is 9.59 Å². The number of rotatable bonds is 7. The van der Waals surface area contributed by atoms with Crippen molar-refractivity contribution in [2.24, 2.45) is 0 Å². The summed E-state index contributed by atoms with van der Waals surface area (Å²) < 4.78 is 0. The lowest BCUT2D eigenvalue weighted by Crippen LogP contribution is -2.39. The van der Waals surface area contributed by atoms with Crippen LogP contribution in [0.5, 0.6) is 0 Å². The van der Waals surface area contributed by atoms with E-state index in [1.807, 2.05) is 36.4 Å². The highest BCUT2D eigenvalue weighted by Crippen LogP contribution is 2.35. The predicted octanol–water partition coefficient (Wildman–Crippen LogP) is 4.59. The standard InChI is InChI=1S/C22H23ClN2O3/c1-2-15-10-12-16(13-11-15)19-14-20(17-6-3-4-7-18(17)23)25(24-19)21(26)8-5-9-22(27)28/h3-4,6-7,10-14,20,24H,2,5,8-9H2,1H3,(H,27,28)/t20-/m0/s1.